The summed E-state index contributed by atoms with van der Waals surface area (Å²) in [6, 6.07) is 6.05. The van der Waals surface area contributed by atoms with E-state index in [0.29, 0.717) is 23.1 Å². The first-order valence-corrected chi connectivity index (χ1v) is 8.41. The zero-order chi connectivity index (χ0) is 18.4. The summed E-state index contributed by atoms with van der Waals surface area (Å²) in [6.45, 7) is 0. The molecule has 132 valence electrons. The van der Waals surface area contributed by atoms with Crippen LogP contribution in [0.1, 0.15) is 18.4 Å². The van der Waals surface area contributed by atoms with Gasteiger partial charge in [0.15, 0.2) is 11.5 Å². The average Bonchev–Trinajstić information content (AvgIpc) is 3.17. The molecule has 4 heterocycles. The summed E-state index contributed by atoms with van der Waals surface area (Å²) < 4.78 is 3.27. The Bertz CT molecular complexity index is 1180. The van der Waals surface area contributed by atoms with E-state index in [0.717, 1.165) is 29.6 Å². The number of hydrogen-bond acceptors (Lipinski definition) is 8. The fourth-order valence-corrected chi connectivity index (χ4v) is 2.86. The predicted octanol–water partition coefficient (Wildman–Crippen LogP) is 1.42. The largest absolute Gasteiger partial charge is 0.383 e. The van der Waals surface area contributed by atoms with E-state index in [-0.39, 0.29) is 5.82 Å². The van der Waals surface area contributed by atoms with Gasteiger partial charge in [0.25, 0.3) is 0 Å². The second kappa shape index (κ2) is 5.77. The topological polar surface area (TPSA) is 136 Å². The molecule has 3 N–H and O–H groups in total. The van der Waals surface area contributed by atoms with Crippen LogP contribution in [0.15, 0.2) is 36.9 Å². The molecule has 4 aromatic rings. The molecule has 0 amide bonds. The molecule has 0 spiro atoms. The molecule has 0 bridgehead atoms. The van der Waals surface area contributed by atoms with Crippen LogP contribution in [0.25, 0.3) is 22.5 Å². The summed E-state index contributed by atoms with van der Waals surface area (Å²) in [4.78, 5) is 8.84. The predicted molar refractivity (Wildman–Crippen MR) is 97.3 cm³/mol. The van der Waals surface area contributed by atoms with E-state index in [1.165, 1.54) is 0 Å². The highest BCUT2D eigenvalue weighted by Crippen LogP contribution is 2.30. The normalized spacial score (nSPS) is 13.6. The van der Waals surface area contributed by atoms with Crippen molar-refractivity contribution < 1.29 is 0 Å². The number of anilines is 2. The van der Waals surface area contributed by atoms with Crippen LogP contribution in [0.2, 0.25) is 0 Å². The minimum Gasteiger partial charge on any atom is -0.383 e. The Morgan fingerprint density at radius 3 is 2.89 bits per heavy atom. The van der Waals surface area contributed by atoms with E-state index in [1.54, 1.807) is 40.2 Å². The smallest absolute Gasteiger partial charge is 0.167 e. The number of nitrogen functional groups attached to an aromatic ring is 1. The maximum absolute atomic E-state index is 9.12. The Labute approximate surface area is 153 Å². The van der Waals surface area contributed by atoms with E-state index in [4.69, 9.17) is 11.0 Å². The fourth-order valence-electron chi connectivity index (χ4n) is 2.86. The Kier molecular flexibility index (Phi) is 3.26. The zero-order valence-corrected chi connectivity index (χ0v) is 14.1. The second-order valence-corrected chi connectivity index (χ2v) is 6.33. The van der Waals surface area contributed by atoms with Crippen LogP contribution in [0.5, 0.6) is 0 Å². The monoisotopic (exact) mass is 358 g/mol. The van der Waals surface area contributed by atoms with Gasteiger partial charge in [-0.25, -0.2) is 14.6 Å². The lowest BCUT2D eigenvalue weighted by Crippen LogP contribution is -2.10. The van der Waals surface area contributed by atoms with Gasteiger partial charge < -0.3 is 11.1 Å². The first-order chi connectivity index (χ1) is 13.2. The average molecular weight is 358 g/mol. The van der Waals surface area contributed by atoms with Gasteiger partial charge in [0.1, 0.15) is 17.6 Å². The molecule has 0 aliphatic heterocycles. The summed E-state index contributed by atoms with van der Waals surface area (Å²) >= 11 is 0. The highest BCUT2D eigenvalue weighted by molar-refractivity contribution is 5.80. The SMILES string of the molecule is N#Cc1cc2cnn(-c3cc(NC4CC4)c(-n4ccnn4)cn3)c2nc1N. The molecule has 5 rings (SSSR count). The first-order valence-electron chi connectivity index (χ1n) is 8.41. The lowest BCUT2D eigenvalue weighted by molar-refractivity contribution is 0.793. The van der Waals surface area contributed by atoms with Crippen LogP contribution in [-0.2, 0) is 0 Å². The van der Waals surface area contributed by atoms with Crippen LogP contribution in [-0.4, -0.2) is 40.8 Å². The molecule has 0 atom stereocenters. The van der Waals surface area contributed by atoms with Gasteiger partial charge in [0.05, 0.1) is 36.0 Å². The maximum Gasteiger partial charge on any atom is 0.167 e. The maximum atomic E-state index is 9.12. The van der Waals surface area contributed by atoms with Crippen molar-refractivity contribution >= 4 is 22.5 Å². The van der Waals surface area contributed by atoms with E-state index in [1.807, 2.05) is 12.1 Å². The Hall–Kier alpha value is -4.00. The second-order valence-electron chi connectivity index (χ2n) is 6.33. The van der Waals surface area contributed by atoms with E-state index in [9.17, 15) is 0 Å². The molecule has 27 heavy (non-hydrogen) atoms. The van der Waals surface area contributed by atoms with Crippen LogP contribution in [0, 0.1) is 11.3 Å². The third-order valence-electron chi connectivity index (χ3n) is 4.39. The van der Waals surface area contributed by atoms with Gasteiger partial charge in [-0.1, -0.05) is 5.21 Å². The van der Waals surface area contributed by atoms with E-state index < -0.39 is 0 Å². The number of nitrogens with zero attached hydrogens (tertiary/aromatic N) is 8. The molecular weight excluding hydrogens is 344 g/mol. The number of pyridine rings is 2. The number of hydrogen-bond donors (Lipinski definition) is 2. The van der Waals surface area contributed by atoms with Crippen LogP contribution < -0.4 is 11.1 Å². The first kappa shape index (κ1) is 15.3. The minimum atomic E-state index is 0.169. The van der Waals surface area contributed by atoms with Crippen molar-refractivity contribution in [2.75, 3.05) is 11.1 Å². The highest BCUT2D eigenvalue weighted by Gasteiger charge is 2.23. The number of nitrogens with one attached hydrogen (secondary N) is 1. The number of rotatable bonds is 4. The highest BCUT2D eigenvalue weighted by atomic mass is 15.4. The van der Waals surface area contributed by atoms with Crippen LogP contribution in [0.3, 0.4) is 0 Å². The number of fused-ring (bicyclic) bond motifs is 1. The number of nitrogens with two attached hydrogens (primary N) is 1. The Morgan fingerprint density at radius 2 is 2.15 bits per heavy atom. The molecule has 10 nitrogen and oxygen atoms in total. The third-order valence-corrected chi connectivity index (χ3v) is 4.39. The molecule has 0 unspecified atom stereocenters. The molecule has 1 aliphatic carbocycles. The van der Waals surface area contributed by atoms with Gasteiger partial charge >= 0.3 is 0 Å². The van der Waals surface area contributed by atoms with Crippen molar-refractivity contribution in [3.8, 4) is 17.6 Å². The number of aromatic nitrogens is 7. The standard InChI is InChI=1S/C17H14N10/c18-7-10-5-11-8-22-27(17(11)24-16(10)19)15-6-13(23-12-1-2-12)14(9-20-15)26-4-3-21-25-26/h3-6,8-9,12H,1-2H2,(H2,19,24)(H,20,23). The van der Waals surface area contributed by atoms with Gasteiger partial charge in [-0.2, -0.15) is 15.0 Å². The van der Waals surface area contributed by atoms with Gasteiger partial charge in [0.2, 0.25) is 0 Å². The summed E-state index contributed by atoms with van der Waals surface area (Å²) in [5.41, 5.74) is 8.43. The van der Waals surface area contributed by atoms with Crippen molar-refractivity contribution in [1.29, 1.82) is 5.26 Å². The molecule has 0 saturated heterocycles. The lowest BCUT2D eigenvalue weighted by Gasteiger charge is -2.12. The minimum absolute atomic E-state index is 0.169. The molecule has 10 heteroatoms. The summed E-state index contributed by atoms with van der Waals surface area (Å²) in [7, 11) is 0. The molecule has 4 aromatic heterocycles. The van der Waals surface area contributed by atoms with Crippen molar-refractivity contribution in [3.63, 3.8) is 0 Å². The quantitative estimate of drug-likeness (QED) is 0.559. The van der Waals surface area contributed by atoms with Gasteiger partial charge in [-0.05, 0) is 18.9 Å². The van der Waals surface area contributed by atoms with Crippen molar-refractivity contribution in [2.45, 2.75) is 18.9 Å². The summed E-state index contributed by atoms with van der Waals surface area (Å²) in [5.74, 6) is 0.760. The zero-order valence-electron chi connectivity index (χ0n) is 14.1. The molecule has 1 fully saturated rings. The molecule has 0 radical (unpaired) electrons. The Morgan fingerprint density at radius 1 is 1.26 bits per heavy atom. The molecular formula is C17H14N10. The van der Waals surface area contributed by atoms with Gasteiger partial charge in [-0.15, -0.1) is 5.10 Å². The van der Waals surface area contributed by atoms with Gasteiger partial charge in [0, 0.05) is 17.5 Å². The summed E-state index contributed by atoms with van der Waals surface area (Å²) in [6.07, 6.45) is 9.01. The van der Waals surface area contributed by atoms with Crippen molar-refractivity contribution in [2.24, 2.45) is 0 Å². The molecule has 1 aliphatic rings. The van der Waals surface area contributed by atoms with E-state index in [2.05, 4.69) is 30.7 Å². The van der Waals surface area contributed by atoms with E-state index >= 15 is 0 Å². The van der Waals surface area contributed by atoms with Crippen LogP contribution in [0.4, 0.5) is 11.5 Å². The third kappa shape index (κ3) is 2.62. The fraction of sp³-hybridized carbons (Fsp3) is 0.176. The van der Waals surface area contributed by atoms with Crippen molar-refractivity contribution in [1.82, 2.24) is 34.7 Å². The summed E-state index contributed by atoms with van der Waals surface area (Å²) in [5, 5.41) is 25.6. The van der Waals surface area contributed by atoms with Crippen molar-refractivity contribution in [3.05, 3.63) is 42.5 Å². The molecule has 1 saturated carbocycles. The Balaban J connectivity index is 1.64. The van der Waals surface area contributed by atoms with Gasteiger partial charge in [-0.3, -0.25) is 0 Å². The van der Waals surface area contributed by atoms with Crippen LogP contribution >= 0.6 is 0 Å². The molecule has 0 aromatic carbocycles. The number of nitriles is 1. The lowest BCUT2D eigenvalue weighted by atomic mass is 10.2.